The van der Waals surface area contributed by atoms with E-state index >= 15 is 0 Å². The van der Waals surface area contributed by atoms with E-state index in [1.54, 1.807) is 0 Å². The third-order valence-electron chi connectivity index (χ3n) is 12.7. The van der Waals surface area contributed by atoms with E-state index in [0.717, 1.165) is 105 Å². The molecule has 64 heavy (non-hydrogen) atoms. The summed E-state index contributed by atoms with van der Waals surface area (Å²) in [5, 5.41) is 9.89. The SMILES string of the molecule is Cc1ccc(N(c2cc3ccc4cc(N(c5ccc(C(F)(F)F)cc5)c5cccc6c5oc5ccccc56)cc5c4c3c3c(cccc23)O5)c2cccc3c2oc2ccccc23)cc1. The molecule has 1 aliphatic heterocycles. The Balaban J connectivity index is 1.05. The van der Waals surface area contributed by atoms with Gasteiger partial charge in [-0.1, -0.05) is 103 Å². The largest absolute Gasteiger partial charge is 0.456 e. The number of alkyl halides is 3. The molecule has 0 N–H and O–H groups in total. The lowest BCUT2D eigenvalue weighted by Gasteiger charge is -2.30. The zero-order valence-corrected chi connectivity index (χ0v) is 34.1. The monoisotopic (exact) mass is 838 g/mol. The molecule has 12 aromatic rings. The molecule has 3 heterocycles. The molecule has 13 rings (SSSR count). The molecule has 0 spiro atoms. The van der Waals surface area contributed by atoms with Crippen LogP contribution in [0.2, 0.25) is 0 Å². The van der Waals surface area contributed by atoms with E-state index in [2.05, 4.69) is 90.7 Å². The average Bonchev–Trinajstić information content (AvgIpc) is 3.89. The van der Waals surface area contributed by atoms with Crippen LogP contribution < -0.4 is 14.5 Å². The van der Waals surface area contributed by atoms with Crippen LogP contribution in [0.3, 0.4) is 0 Å². The summed E-state index contributed by atoms with van der Waals surface area (Å²) >= 11 is 0. The summed E-state index contributed by atoms with van der Waals surface area (Å²) in [7, 11) is 0. The van der Waals surface area contributed by atoms with Gasteiger partial charge in [0.1, 0.15) is 22.7 Å². The first kappa shape index (κ1) is 36.4. The van der Waals surface area contributed by atoms with Crippen molar-refractivity contribution in [3.8, 4) is 11.5 Å². The zero-order valence-electron chi connectivity index (χ0n) is 34.1. The first-order chi connectivity index (χ1) is 31.3. The van der Waals surface area contributed by atoms with Crippen molar-refractivity contribution < 1.29 is 26.7 Å². The molecular weight excluding hydrogens is 806 g/mol. The predicted octanol–water partition coefficient (Wildman–Crippen LogP) is 17.3. The normalized spacial score (nSPS) is 12.5. The summed E-state index contributed by atoms with van der Waals surface area (Å²) in [5.74, 6) is 1.34. The van der Waals surface area contributed by atoms with Gasteiger partial charge in [-0.3, -0.25) is 0 Å². The first-order valence-corrected chi connectivity index (χ1v) is 21.1. The molecule has 0 saturated carbocycles. The number of benzene rings is 10. The number of furan rings is 2. The summed E-state index contributed by atoms with van der Waals surface area (Å²) in [5.41, 5.74) is 8.17. The van der Waals surface area contributed by atoms with Crippen molar-refractivity contribution in [2.45, 2.75) is 13.1 Å². The average molecular weight is 839 g/mol. The van der Waals surface area contributed by atoms with Gasteiger partial charge in [0, 0.05) is 60.5 Å². The van der Waals surface area contributed by atoms with Gasteiger partial charge in [-0.25, -0.2) is 0 Å². The van der Waals surface area contributed by atoms with Crippen LogP contribution in [0.25, 0.3) is 76.2 Å². The van der Waals surface area contributed by atoms with E-state index < -0.39 is 11.7 Å². The fraction of sp³-hybridized carbons (Fsp3) is 0.0357. The van der Waals surface area contributed by atoms with Crippen molar-refractivity contribution in [3.05, 3.63) is 193 Å². The Kier molecular flexibility index (Phi) is 7.62. The molecule has 0 fully saturated rings. The van der Waals surface area contributed by atoms with Gasteiger partial charge < -0.3 is 23.4 Å². The van der Waals surface area contributed by atoms with E-state index in [1.165, 1.54) is 12.1 Å². The third-order valence-corrected chi connectivity index (χ3v) is 12.7. The van der Waals surface area contributed by atoms with Crippen molar-refractivity contribution in [2.75, 3.05) is 9.80 Å². The van der Waals surface area contributed by atoms with Gasteiger partial charge in [0.25, 0.3) is 0 Å². The molecule has 0 bridgehead atoms. The van der Waals surface area contributed by atoms with E-state index in [0.29, 0.717) is 34.1 Å². The molecule has 5 nitrogen and oxygen atoms in total. The zero-order chi connectivity index (χ0) is 42.8. The van der Waals surface area contributed by atoms with Crippen molar-refractivity contribution in [1.82, 2.24) is 0 Å². The summed E-state index contributed by atoms with van der Waals surface area (Å²) in [6.45, 7) is 2.09. The quantitative estimate of drug-likeness (QED) is 0.156. The van der Waals surface area contributed by atoms with Crippen LogP contribution in [0.5, 0.6) is 11.5 Å². The maximum Gasteiger partial charge on any atom is 0.416 e. The predicted molar refractivity (Wildman–Crippen MR) is 253 cm³/mol. The summed E-state index contributed by atoms with van der Waals surface area (Å²) < 4.78 is 61.8. The standard InChI is InChI=1S/C56H33F3N2O3/c1-32-19-25-37(26-20-32)61(45-15-7-12-42-40-10-3-5-17-48(40)64-55(42)45)46-30-34-22-21-33-29-38(31-50-51(33)52(34)53-43(46)13-8-18-49(53)62-50)60(36-27-23-35(24-28-36)56(57,58)59)44-14-6-11-41-39-9-2-4-16-47(39)63-54(41)44/h2-31H,1H3. The number of hydrogen-bond donors (Lipinski definition) is 0. The van der Waals surface area contributed by atoms with Crippen LogP contribution in [-0.2, 0) is 6.18 Å². The Bertz CT molecular complexity index is 3890. The van der Waals surface area contributed by atoms with Gasteiger partial charge in [0.05, 0.1) is 28.3 Å². The number of fused-ring (bicyclic) bond motifs is 6. The van der Waals surface area contributed by atoms with E-state index in [4.69, 9.17) is 13.6 Å². The Morgan fingerprint density at radius 1 is 0.406 bits per heavy atom. The number of anilines is 6. The lowest BCUT2D eigenvalue weighted by molar-refractivity contribution is -0.137. The Labute approximate surface area is 363 Å². The van der Waals surface area contributed by atoms with Gasteiger partial charge in [0.15, 0.2) is 11.2 Å². The highest BCUT2D eigenvalue weighted by atomic mass is 19.4. The number of hydrogen-bond acceptors (Lipinski definition) is 5. The number of nitrogens with zero attached hydrogens (tertiary/aromatic N) is 2. The lowest BCUT2D eigenvalue weighted by atomic mass is 9.91. The number of ether oxygens (including phenoxy) is 1. The second-order valence-corrected chi connectivity index (χ2v) is 16.4. The van der Waals surface area contributed by atoms with Crippen LogP contribution in [0.4, 0.5) is 47.3 Å². The number of aryl methyl sites for hydroxylation is 1. The first-order valence-electron chi connectivity index (χ1n) is 21.1. The fourth-order valence-corrected chi connectivity index (χ4v) is 9.79. The van der Waals surface area contributed by atoms with Crippen molar-refractivity contribution in [1.29, 1.82) is 0 Å². The van der Waals surface area contributed by atoms with Crippen LogP contribution in [0.15, 0.2) is 191 Å². The van der Waals surface area contributed by atoms with Crippen LogP contribution in [-0.4, -0.2) is 0 Å². The highest BCUT2D eigenvalue weighted by molar-refractivity contribution is 6.28. The molecule has 8 heteroatoms. The maximum atomic E-state index is 13.9. The topological polar surface area (TPSA) is 42.0 Å². The minimum atomic E-state index is -4.49. The lowest BCUT2D eigenvalue weighted by Crippen LogP contribution is -2.12. The van der Waals surface area contributed by atoms with Crippen molar-refractivity contribution in [3.63, 3.8) is 0 Å². The maximum absolute atomic E-state index is 13.9. The molecule has 0 unspecified atom stereocenters. The second-order valence-electron chi connectivity index (χ2n) is 16.4. The minimum absolute atomic E-state index is 0.534. The molecule has 306 valence electrons. The van der Waals surface area contributed by atoms with Crippen molar-refractivity contribution >= 4 is 110 Å². The molecule has 0 atom stereocenters. The minimum Gasteiger partial charge on any atom is -0.456 e. The molecule has 1 aliphatic rings. The van der Waals surface area contributed by atoms with Crippen LogP contribution >= 0.6 is 0 Å². The van der Waals surface area contributed by atoms with Gasteiger partial charge in [0.2, 0.25) is 0 Å². The molecule has 0 radical (unpaired) electrons. The Hall–Kier alpha value is -8.23. The van der Waals surface area contributed by atoms with E-state index in [-0.39, 0.29) is 0 Å². The fourth-order valence-electron chi connectivity index (χ4n) is 9.79. The van der Waals surface area contributed by atoms with E-state index in [9.17, 15) is 13.2 Å². The third kappa shape index (κ3) is 5.38. The van der Waals surface area contributed by atoms with Crippen LogP contribution in [0.1, 0.15) is 11.1 Å². The van der Waals surface area contributed by atoms with Gasteiger partial charge in [-0.05, 0) is 96.6 Å². The van der Waals surface area contributed by atoms with Gasteiger partial charge in [-0.2, -0.15) is 13.2 Å². The molecule has 0 aliphatic carbocycles. The molecule has 0 amide bonds. The molecule has 2 aromatic heterocycles. The number of halogens is 3. The van der Waals surface area contributed by atoms with E-state index in [1.807, 2.05) is 83.8 Å². The summed E-state index contributed by atoms with van der Waals surface area (Å²) in [6, 6.07) is 58.7. The van der Waals surface area contributed by atoms with Crippen molar-refractivity contribution in [2.24, 2.45) is 0 Å². The number of rotatable bonds is 6. The molecule has 0 saturated heterocycles. The van der Waals surface area contributed by atoms with Crippen LogP contribution in [0, 0.1) is 6.92 Å². The van der Waals surface area contributed by atoms with Gasteiger partial charge >= 0.3 is 6.18 Å². The Morgan fingerprint density at radius 2 is 0.953 bits per heavy atom. The Morgan fingerprint density at radius 3 is 1.61 bits per heavy atom. The second kappa shape index (κ2) is 13.4. The highest BCUT2D eigenvalue weighted by Crippen LogP contribution is 2.54. The smallest absolute Gasteiger partial charge is 0.416 e. The molecular formula is C56H33F3N2O3. The summed E-state index contributed by atoms with van der Waals surface area (Å²) in [4.78, 5) is 4.23. The number of para-hydroxylation sites is 4. The van der Waals surface area contributed by atoms with Gasteiger partial charge in [-0.15, -0.1) is 0 Å². The summed E-state index contributed by atoms with van der Waals surface area (Å²) in [6.07, 6.45) is -4.49. The molecule has 10 aromatic carbocycles. The highest BCUT2D eigenvalue weighted by Gasteiger charge is 2.32.